The largest absolute Gasteiger partial charge is 0.299 e. The Morgan fingerprint density at radius 2 is 2.04 bits per heavy atom. The van der Waals surface area contributed by atoms with Crippen molar-refractivity contribution in [2.24, 2.45) is 0 Å². The summed E-state index contributed by atoms with van der Waals surface area (Å²) in [6.07, 6.45) is 5.64. The maximum atomic E-state index is 4.79. The predicted molar refractivity (Wildman–Crippen MR) is 111 cm³/mol. The van der Waals surface area contributed by atoms with E-state index in [2.05, 4.69) is 59.3 Å². The lowest BCUT2D eigenvalue weighted by Gasteiger charge is -2.30. The minimum atomic E-state index is 0.657. The molecule has 3 rings (SSSR count). The fraction of sp³-hybridized carbons (Fsp3) is 0.636. The summed E-state index contributed by atoms with van der Waals surface area (Å²) < 4.78 is 2.18. The quantitative estimate of drug-likeness (QED) is 0.674. The highest BCUT2D eigenvalue weighted by Gasteiger charge is 2.26. The summed E-state index contributed by atoms with van der Waals surface area (Å²) in [5.74, 6) is 0. The maximum Gasteiger partial charge on any atom is 0.0641 e. The molecule has 2 aromatic rings. The first-order valence-electron chi connectivity index (χ1n) is 10.5. The standard InChI is InChI=1S/C22H35N5/c1-5-13-27-19(4)22(18(3)24-27)17-25(15-20-10-7-8-12-23-20)16-21-11-9-14-26(21)6-2/h7-8,10,12,21H,5-6,9,11,13-17H2,1-4H3/t21-/m0/s1. The van der Waals surface area contributed by atoms with E-state index in [-0.39, 0.29) is 0 Å². The molecule has 0 amide bonds. The van der Waals surface area contributed by atoms with Crippen molar-refractivity contribution in [1.29, 1.82) is 0 Å². The van der Waals surface area contributed by atoms with Crippen molar-refractivity contribution < 1.29 is 0 Å². The van der Waals surface area contributed by atoms with Gasteiger partial charge in [-0.1, -0.05) is 19.9 Å². The number of aryl methyl sites for hydroxylation is 2. The molecule has 0 spiro atoms. The Morgan fingerprint density at radius 1 is 1.19 bits per heavy atom. The van der Waals surface area contributed by atoms with Crippen molar-refractivity contribution >= 4 is 0 Å². The Hall–Kier alpha value is -1.72. The molecule has 1 saturated heterocycles. The van der Waals surface area contributed by atoms with Crippen LogP contribution in [-0.4, -0.2) is 50.2 Å². The lowest BCUT2D eigenvalue weighted by Crippen LogP contribution is -2.40. The van der Waals surface area contributed by atoms with Crippen molar-refractivity contribution in [2.45, 2.75) is 72.6 Å². The molecule has 2 aromatic heterocycles. The summed E-state index contributed by atoms with van der Waals surface area (Å²) in [6, 6.07) is 6.88. The van der Waals surface area contributed by atoms with Crippen molar-refractivity contribution in [2.75, 3.05) is 19.6 Å². The number of rotatable bonds is 9. The second-order valence-corrected chi connectivity index (χ2v) is 7.79. The Labute approximate surface area is 164 Å². The number of pyridine rings is 1. The molecule has 27 heavy (non-hydrogen) atoms. The minimum absolute atomic E-state index is 0.657. The average Bonchev–Trinajstić information content (AvgIpc) is 3.22. The molecule has 1 aliphatic rings. The molecular weight excluding hydrogens is 334 g/mol. The molecule has 0 N–H and O–H groups in total. The fourth-order valence-electron chi connectivity index (χ4n) is 4.34. The van der Waals surface area contributed by atoms with Gasteiger partial charge in [0.2, 0.25) is 0 Å². The van der Waals surface area contributed by atoms with Crippen LogP contribution >= 0.6 is 0 Å². The van der Waals surface area contributed by atoms with Crippen LogP contribution < -0.4 is 0 Å². The molecule has 5 nitrogen and oxygen atoms in total. The monoisotopic (exact) mass is 369 g/mol. The Balaban J connectivity index is 1.79. The van der Waals surface area contributed by atoms with E-state index in [0.29, 0.717) is 6.04 Å². The van der Waals surface area contributed by atoms with E-state index >= 15 is 0 Å². The summed E-state index contributed by atoms with van der Waals surface area (Å²) in [5.41, 5.74) is 5.03. The molecule has 1 aliphatic heterocycles. The van der Waals surface area contributed by atoms with E-state index in [1.54, 1.807) is 0 Å². The Bertz CT molecular complexity index is 709. The van der Waals surface area contributed by atoms with E-state index < -0.39 is 0 Å². The SMILES string of the molecule is CCCn1nc(C)c(CN(Cc2ccccn2)C[C@@H]2CCCN2CC)c1C. The molecule has 0 saturated carbocycles. The number of hydrogen-bond acceptors (Lipinski definition) is 4. The van der Waals surface area contributed by atoms with Crippen LogP contribution in [0.4, 0.5) is 0 Å². The molecule has 0 aliphatic carbocycles. The predicted octanol–water partition coefficient (Wildman–Crippen LogP) is 3.79. The van der Waals surface area contributed by atoms with Crippen molar-refractivity contribution in [3.05, 3.63) is 47.0 Å². The third-order valence-corrected chi connectivity index (χ3v) is 5.83. The van der Waals surface area contributed by atoms with Gasteiger partial charge in [-0.25, -0.2) is 0 Å². The number of likely N-dealkylation sites (N-methyl/N-ethyl adjacent to an activating group) is 1. The lowest BCUT2D eigenvalue weighted by molar-refractivity contribution is 0.164. The zero-order chi connectivity index (χ0) is 19.2. The maximum absolute atomic E-state index is 4.79. The van der Waals surface area contributed by atoms with Crippen LogP contribution in [0.3, 0.4) is 0 Å². The van der Waals surface area contributed by atoms with E-state index in [1.807, 2.05) is 12.3 Å². The molecular formula is C22H35N5. The van der Waals surface area contributed by atoms with Gasteiger partial charge in [0.1, 0.15) is 0 Å². The minimum Gasteiger partial charge on any atom is -0.299 e. The highest BCUT2D eigenvalue weighted by molar-refractivity contribution is 5.24. The van der Waals surface area contributed by atoms with E-state index in [9.17, 15) is 0 Å². The fourth-order valence-corrected chi connectivity index (χ4v) is 4.34. The molecule has 3 heterocycles. The summed E-state index contributed by atoms with van der Waals surface area (Å²) in [7, 11) is 0. The number of hydrogen-bond donors (Lipinski definition) is 0. The van der Waals surface area contributed by atoms with Gasteiger partial charge in [-0.2, -0.15) is 5.10 Å². The highest BCUT2D eigenvalue weighted by Crippen LogP contribution is 2.22. The third-order valence-electron chi connectivity index (χ3n) is 5.83. The zero-order valence-electron chi connectivity index (χ0n) is 17.5. The second kappa shape index (κ2) is 9.47. The first-order chi connectivity index (χ1) is 13.1. The van der Waals surface area contributed by atoms with Gasteiger partial charge in [0.25, 0.3) is 0 Å². The summed E-state index contributed by atoms with van der Waals surface area (Å²) in [5, 5.41) is 4.79. The van der Waals surface area contributed by atoms with Gasteiger partial charge < -0.3 is 0 Å². The topological polar surface area (TPSA) is 37.2 Å². The van der Waals surface area contributed by atoms with Crippen LogP contribution in [0.5, 0.6) is 0 Å². The summed E-state index contributed by atoms with van der Waals surface area (Å²) >= 11 is 0. The van der Waals surface area contributed by atoms with E-state index in [1.165, 1.54) is 36.3 Å². The third kappa shape index (κ3) is 4.96. The molecule has 1 atom stereocenters. The first-order valence-corrected chi connectivity index (χ1v) is 10.5. The van der Waals surface area contributed by atoms with Gasteiger partial charge in [-0.05, 0) is 58.3 Å². The molecule has 148 valence electrons. The van der Waals surface area contributed by atoms with Gasteiger partial charge >= 0.3 is 0 Å². The van der Waals surface area contributed by atoms with Gasteiger partial charge in [0.05, 0.1) is 11.4 Å². The number of likely N-dealkylation sites (tertiary alicyclic amines) is 1. The van der Waals surface area contributed by atoms with Crippen molar-refractivity contribution in [3.63, 3.8) is 0 Å². The van der Waals surface area contributed by atoms with Crippen LogP contribution in [-0.2, 0) is 19.6 Å². The molecule has 1 fully saturated rings. The van der Waals surface area contributed by atoms with Gasteiger partial charge in [-0.15, -0.1) is 0 Å². The lowest BCUT2D eigenvalue weighted by atomic mass is 10.1. The highest BCUT2D eigenvalue weighted by atomic mass is 15.3. The Kier molecular flexibility index (Phi) is 7.02. The normalized spacial score (nSPS) is 17.9. The molecule has 0 unspecified atom stereocenters. The number of nitrogens with zero attached hydrogens (tertiary/aromatic N) is 5. The first kappa shape index (κ1) is 20.0. The molecule has 5 heteroatoms. The van der Waals surface area contributed by atoms with E-state index in [0.717, 1.165) is 44.8 Å². The molecule has 0 radical (unpaired) electrons. The van der Waals surface area contributed by atoms with E-state index in [4.69, 9.17) is 5.10 Å². The van der Waals surface area contributed by atoms with Crippen LogP contribution in [0.1, 0.15) is 55.8 Å². The van der Waals surface area contributed by atoms with Crippen LogP contribution in [0.25, 0.3) is 0 Å². The van der Waals surface area contributed by atoms with Crippen molar-refractivity contribution in [3.8, 4) is 0 Å². The second-order valence-electron chi connectivity index (χ2n) is 7.79. The van der Waals surface area contributed by atoms with Gasteiger partial charge in [-0.3, -0.25) is 19.5 Å². The van der Waals surface area contributed by atoms with Gasteiger partial charge in [0, 0.05) is 49.7 Å². The van der Waals surface area contributed by atoms with Gasteiger partial charge in [0.15, 0.2) is 0 Å². The van der Waals surface area contributed by atoms with Crippen LogP contribution in [0.15, 0.2) is 24.4 Å². The molecule has 0 bridgehead atoms. The smallest absolute Gasteiger partial charge is 0.0641 e. The van der Waals surface area contributed by atoms with Crippen molar-refractivity contribution in [1.82, 2.24) is 24.6 Å². The summed E-state index contributed by atoms with van der Waals surface area (Å²) in [6.45, 7) is 15.2. The zero-order valence-corrected chi connectivity index (χ0v) is 17.5. The van der Waals surface area contributed by atoms with Crippen LogP contribution in [0.2, 0.25) is 0 Å². The average molecular weight is 370 g/mol. The molecule has 0 aromatic carbocycles. The van der Waals surface area contributed by atoms with Crippen LogP contribution in [0, 0.1) is 13.8 Å². The Morgan fingerprint density at radius 3 is 2.74 bits per heavy atom. The number of aromatic nitrogens is 3. The summed E-state index contributed by atoms with van der Waals surface area (Å²) in [4.78, 5) is 9.79.